The predicted molar refractivity (Wildman–Crippen MR) is 132 cm³/mol. The fraction of sp³-hybridized carbons (Fsp3) is 0.682. The number of aliphatic imine (C=N–C) groups is 1. The van der Waals surface area contributed by atoms with Crippen molar-refractivity contribution >= 4 is 29.9 Å². The van der Waals surface area contributed by atoms with Gasteiger partial charge in [-0.25, -0.2) is 4.39 Å². The molecule has 29 heavy (non-hydrogen) atoms. The van der Waals surface area contributed by atoms with Crippen LogP contribution in [-0.4, -0.2) is 75.2 Å². The van der Waals surface area contributed by atoms with Gasteiger partial charge in [-0.15, -0.1) is 24.0 Å². The molecular formula is C22H39FIN5. The average molecular weight is 519 g/mol. The topological polar surface area (TPSA) is 42.9 Å². The lowest BCUT2D eigenvalue weighted by Crippen LogP contribution is -2.40. The standard InChI is InChI=1S/C22H38FN5.HI/c1-5-24-21(25-11-7-13-28-14-8-12-27(4)15-16-28)26-18-22(2,3)19-9-6-10-20(23)17-19;/h6,9-10,17H,5,7-8,11-16,18H2,1-4H3,(H2,24,25,26);1H. The van der Waals surface area contributed by atoms with Crippen LogP contribution in [0.2, 0.25) is 0 Å². The van der Waals surface area contributed by atoms with Crippen LogP contribution in [0.15, 0.2) is 29.3 Å². The average Bonchev–Trinajstić information content (AvgIpc) is 2.87. The van der Waals surface area contributed by atoms with E-state index in [0.717, 1.165) is 50.7 Å². The highest BCUT2D eigenvalue weighted by Crippen LogP contribution is 2.24. The maximum atomic E-state index is 13.6. The lowest BCUT2D eigenvalue weighted by molar-refractivity contribution is 0.274. The van der Waals surface area contributed by atoms with Gasteiger partial charge in [0.05, 0.1) is 6.54 Å². The van der Waals surface area contributed by atoms with Crippen molar-refractivity contribution in [2.75, 3.05) is 59.4 Å². The molecule has 0 atom stereocenters. The molecule has 5 nitrogen and oxygen atoms in total. The first-order chi connectivity index (χ1) is 13.4. The highest BCUT2D eigenvalue weighted by Gasteiger charge is 2.21. The second kappa shape index (κ2) is 13.4. The van der Waals surface area contributed by atoms with Crippen molar-refractivity contribution in [1.29, 1.82) is 0 Å². The van der Waals surface area contributed by atoms with Gasteiger partial charge in [0, 0.05) is 31.6 Å². The van der Waals surface area contributed by atoms with E-state index in [1.165, 1.54) is 25.6 Å². The number of likely N-dealkylation sites (N-methyl/N-ethyl adjacent to an activating group) is 1. The summed E-state index contributed by atoms with van der Waals surface area (Å²) in [6, 6.07) is 6.82. The second-order valence-corrected chi connectivity index (χ2v) is 8.37. The zero-order valence-electron chi connectivity index (χ0n) is 18.5. The molecule has 1 aliphatic rings. The minimum Gasteiger partial charge on any atom is -0.357 e. The van der Waals surface area contributed by atoms with Crippen molar-refractivity contribution < 1.29 is 4.39 Å². The van der Waals surface area contributed by atoms with Gasteiger partial charge in [-0.2, -0.15) is 0 Å². The normalized spacial score (nSPS) is 16.8. The molecule has 1 heterocycles. The van der Waals surface area contributed by atoms with E-state index in [-0.39, 0.29) is 35.2 Å². The molecule has 0 aliphatic carbocycles. The molecule has 2 N–H and O–H groups in total. The maximum absolute atomic E-state index is 13.6. The summed E-state index contributed by atoms with van der Waals surface area (Å²) in [7, 11) is 2.20. The van der Waals surface area contributed by atoms with Crippen LogP contribution >= 0.6 is 24.0 Å². The third kappa shape index (κ3) is 9.61. The molecule has 1 fully saturated rings. The summed E-state index contributed by atoms with van der Waals surface area (Å²) in [6.07, 6.45) is 2.35. The van der Waals surface area contributed by atoms with E-state index < -0.39 is 0 Å². The van der Waals surface area contributed by atoms with Crippen LogP contribution in [0.1, 0.15) is 39.2 Å². The van der Waals surface area contributed by atoms with Crippen LogP contribution in [-0.2, 0) is 5.41 Å². The summed E-state index contributed by atoms with van der Waals surface area (Å²) in [5.41, 5.74) is 0.751. The Morgan fingerprint density at radius 1 is 1.17 bits per heavy atom. The molecule has 7 heteroatoms. The Bertz CT molecular complexity index is 623. The highest BCUT2D eigenvalue weighted by molar-refractivity contribution is 14.0. The van der Waals surface area contributed by atoms with Gasteiger partial charge in [0.25, 0.3) is 0 Å². The second-order valence-electron chi connectivity index (χ2n) is 8.37. The summed E-state index contributed by atoms with van der Waals surface area (Å²) < 4.78 is 13.6. The molecular weight excluding hydrogens is 480 g/mol. The van der Waals surface area contributed by atoms with Gasteiger partial charge in [-0.1, -0.05) is 26.0 Å². The summed E-state index contributed by atoms with van der Waals surface area (Å²) in [5, 5.41) is 6.76. The Labute approximate surface area is 193 Å². The minimum atomic E-state index is -0.220. The molecule has 1 aromatic rings. The maximum Gasteiger partial charge on any atom is 0.191 e. The minimum absolute atomic E-state index is 0. The van der Waals surface area contributed by atoms with Crippen LogP contribution in [0, 0.1) is 5.82 Å². The number of hydrogen-bond donors (Lipinski definition) is 2. The van der Waals surface area contributed by atoms with Gasteiger partial charge in [0.1, 0.15) is 5.82 Å². The van der Waals surface area contributed by atoms with E-state index in [9.17, 15) is 4.39 Å². The van der Waals surface area contributed by atoms with Crippen molar-refractivity contribution in [3.8, 4) is 0 Å². The number of hydrogen-bond acceptors (Lipinski definition) is 3. The smallest absolute Gasteiger partial charge is 0.191 e. The lowest BCUT2D eigenvalue weighted by Gasteiger charge is -2.24. The zero-order chi connectivity index (χ0) is 20.4. The number of guanidine groups is 1. The van der Waals surface area contributed by atoms with E-state index in [0.29, 0.717) is 6.54 Å². The molecule has 0 amide bonds. The van der Waals surface area contributed by atoms with Crippen LogP contribution in [0.4, 0.5) is 4.39 Å². The van der Waals surface area contributed by atoms with E-state index in [1.807, 2.05) is 6.07 Å². The van der Waals surface area contributed by atoms with Crippen LogP contribution in [0.25, 0.3) is 0 Å². The SMILES string of the molecule is CCNC(=NCC(C)(C)c1cccc(F)c1)NCCCN1CCCN(C)CC1.I. The highest BCUT2D eigenvalue weighted by atomic mass is 127. The van der Waals surface area contributed by atoms with Crippen LogP contribution < -0.4 is 10.6 Å². The first-order valence-electron chi connectivity index (χ1n) is 10.6. The Balaban J connectivity index is 0.00000420. The molecule has 0 radical (unpaired) electrons. The molecule has 2 rings (SSSR count). The number of halogens is 2. The van der Waals surface area contributed by atoms with E-state index in [4.69, 9.17) is 4.99 Å². The van der Waals surface area contributed by atoms with Crippen molar-refractivity contribution in [2.45, 2.75) is 39.0 Å². The summed E-state index contributed by atoms with van der Waals surface area (Å²) >= 11 is 0. The largest absolute Gasteiger partial charge is 0.357 e. The van der Waals surface area contributed by atoms with E-state index >= 15 is 0 Å². The fourth-order valence-electron chi connectivity index (χ4n) is 3.45. The molecule has 0 spiro atoms. The number of benzene rings is 1. The number of nitrogens with one attached hydrogen (secondary N) is 2. The van der Waals surface area contributed by atoms with Crippen molar-refractivity contribution in [3.63, 3.8) is 0 Å². The fourth-order valence-corrected chi connectivity index (χ4v) is 3.45. The molecule has 1 aromatic carbocycles. The van der Waals surface area contributed by atoms with E-state index in [1.54, 1.807) is 12.1 Å². The molecule has 0 saturated carbocycles. The van der Waals surface area contributed by atoms with Gasteiger partial charge >= 0.3 is 0 Å². The third-order valence-electron chi connectivity index (χ3n) is 5.34. The zero-order valence-corrected chi connectivity index (χ0v) is 20.8. The van der Waals surface area contributed by atoms with Gasteiger partial charge in [0.15, 0.2) is 5.96 Å². The number of nitrogens with zero attached hydrogens (tertiary/aromatic N) is 3. The predicted octanol–water partition coefficient (Wildman–Crippen LogP) is 3.30. The summed E-state index contributed by atoms with van der Waals surface area (Å²) in [4.78, 5) is 9.72. The quantitative estimate of drug-likeness (QED) is 0.240. The molecule has 1 aliphatic heterocycles. The Kier molecular flexibility index (Phi) is 12.1. The van der Waals surface area contributed by atoms with Gasteiger partial charge in [-0.05, 0) is 64.1 Å². The van der Waals surface area contributed by atoms with Crippen molar-refractivity contribution in [1.82, 2.24) is 20.4 Å². The monoisotopic (exact) mass is 519 g/mol. The molecule has 0 bridgehead atoms. The van der Waals surface area contributed by atoms with Crippen molar-refractivity contribution in [3.05, 3.63) is 35.6 Å². The van der Waals surface area contributed by atoms with Crippen LogP contribution in [0.3, 0.4) is 0 Å². The molecule has 166 valence electrons. The van der Waals surface area contributed by atoms with Crippen molar-refractivity contribution in [2.24, 2.45) is 4.99 Å². The Morgan fingerprint density at radius 3 is 2.69 bits per heavy atom. The molecule has 0 aromatic heterocycles. The molecule has 0 unspecified atom stereocenters. The first-order valence-corrected chi connectivity index (χ1v) is 10.6. The summed E-state index contributed by atoms with van der Waals surface area (Å²) in [6.45, 7) is 14.4. The molecule has 1 saturated heterocycles. The third-order valence-corrected chi connectivity index (χ3v) is 5.34. The lowest BCUT2D eigenvalue weighted by atomic mass is 9.85. The van der Waals surface area contributed by atoms with Gasteiger partial charge in [-0.3, -0.25) is 4.99 Å². The van der Waals surface area contributed by atoms with Gasteiger partial charge in [0.2, 0.25) is 0 Å². The van der Waals surface area contributed by atoms with E-state index in [2.05, 4.69) is 48.3 Å². The van der Waals surface area contributed by atoms with Crippen LogP contribution in [0.5, 0.6) is 0 Å². The summed E-state index contributed by atoms with van der Waals surface area (Å²) in [5.74, 6) is 0.641. The van der Waals surface area contributed by atoms with Gasteiger partial charge < -0.3 is 20.4 Å². The Hall–Kier alpha value is -0.930. The first kappa shape index (κ1) is 26.1. The Morgan fingerprint density at radius 2 is 1.97 bits per heavy atom. The number of rotatable bonds is 8.